The van der Waals surface area contributed by atoms with Crippen LogP contribution < -0.4 is 0 Å². The molecule has 1 rings (SSSR count). The average Bonchev–Trinajstić information content (AvgIpc) is 2.09. The molecule has 1 heterocycles. The van der Waals surface area contributed by atoms with E-state index in [1.165, 1.54) is 6.54 Å². The summed E-state index contributed by atoms with van der Waals surface area (Å²) in [5, 5.41) is 0. The lowest BCUT2D eigenvalue weighted by Crippen LogP contribution is -2.44. The number of hydrogen-bond acceptors (Lipinski definition) is 3. The van der Waals surface area contributed by atoms with E-state index in [0.717, 1.165) is 39.2 Å². The number of methoxy groups -OCH3 is 1. The van der Waals surface area contributed by atoms with Gasteiger partial charge >= 0.3 is 0 Å². The van der Waals surface area contributed by atoms with E-state index >= 15 is 0 Å². The molecule has 0 amide bonds. The largest absolute Gasteiger partial charge is 0.457 e. The molecule has 1 fully saturated rings. The van der Waals surface area contributed by atoms with E-state index in [9.17, 15) is 0 Å². The second kappa shape index (κ2) is 5.51. The van der Waals surface area contributed by atoms with Gasteiger partial charge in [0.2, 0.25) is 0 Å². The Bertz CT molecular complexity index is 111. The molecule has 0 aromatic carbocycles. The van der Waals surface area contributed by atoms with E-state index < -0.39 is 0 Å². The maximum atomic E-state index is 5.00. The highest BCUT2D eigenvalue weighted by Crippen LogP contribution is 2.00. The number of hydrogen-bond donors (Lipinski definition) is 0. The molecule has 1 aliphatic rings. The quantitative estimate of drug-likeness (QED) is 0.451. The fraction of sp³-hybridized carbons (Fsp3) is 0.889. The van der Waals surface area contributed by atoms with Crippen LogP contribution in [0.2, 0.25) is 0 Å². The minimum Gasteiger partial charge on any atom is -0.457 e. The third-order valence-corrected chi connectivity index (χ3v) is 2.29. The Kier molecular flexibility index (Phi) is 4.58. The molecule has 0 aliphatic carbocycles. The average molecular weight is 171 g/mol. The Labute approximate surface area is 75.3 Å². The van der Waals surface area contributed by atoms with E-state index in [1.54, 1.807) is 7.11 Å². The Morgan fingerprint density at radius 3 is 2.50 bits per heavy atom. The van der Waals surface area contributed by atoms with Gasteiger partial charge in [-0.2, -0.15) is 0 Å². The van der Waals surface area contributed by atoms with Gasteiger partial charge in [0, 0.05) is 33.4 Å². The highest BCUT2D eigenvalue weighted by molar-refractivity contribution is 4.70. The first-order valence-electron chi connectivity index (χ1n) is 4.59. The van der Waals surface area contributed by atoms with Crippen LogP contribution in [0.25, 0.3) is 0 Å². The molecule has 0 spiro atoms. The van der Waals surface area contributed by atoms with Gasteiger partial charge in [0.1, 0.15) is 0 Å². The van der Waals surface area contributed by atoms with Gasteiger partial charge in [-0.1, -0.05) is 0 Å². The van der Waals surface area contributed by atoms with Crippen molar-refractivity contribution in [3.8, 4) is 0 Å². The zero-order valence-corrected chi connectivity index (χ0v) is 7.96. The van der Waals surface area contributed by atoms with Crippen molar-refractivity contribution >= 4 is 0 Å². The summed E-state index contributed by atoms with van der Waals surface area (Å²) in [6, 6.07) is 0. The van der Waals surface area contributed by atoms with Crippen LogP contribution in [-0.2, 0) is 4.74 Å². The number of nitrogens with zero attached hydrogens (tertiary/aromatic N) is 2. The molecule has 0 unspecified atom stereocenters. The first-order valence-corrected chi connectivity index (χ1v) is 4.59. The van der Waals surface area contributed by atoms with Gasteiger partial charge in [-0.05, 0) is 19.5 Å². The summed E-state index contributed by atoms with van der Waals surface area (Å²) >= 11 is 0. The molecule has 0 atom stereocenters. The van der Waals surface area contributed by atoms with Gasteiger partial charge in [0.15, 0.2) is 0 Å². The Hall–Kier alpha value is -0.120. The van der Waals surface area contributed by atoms with Crippen molar-refractivity contribution < 1.29 is 4.74 Å². The zero-order valence-electron chi connectivity index (χ0n) is 7.96. The second-order valence-corrected chi connectivity index (χ2v) is 3.31. The molecule has 0 N–H and O–H groups in total. The number of piperazine rings is 1. The van der Waals surface area contributed by atoms with Crippen molar-refractivity contribution in [2.24, 2.45) is 0 Å². The predicted octanol–water partition coefficient (Wildman–Crippen LogP) is 0.432. The molecule has 3 nitrogen and oxygen atoms in total. The van der Waals surface area contributed by atoms with Crippen LogP contribution in [0, 0.1) is 7.05 Å². The van der Waals surface area contributed by atoms with Crippen LogP contribution in [0.3, 0.4) is 0 Å². The summed E-state index contributed by atoms with van der Waals surface area (Å²) in [6.07, 6.45) is 1.15. The molecule has 3 heteroatoms. The van der Waals surface area contributed by atoms with Crippen molar-refractivity contribution in [3.05, 3.63) is 7.05 Å². The molecule has 0 aromatic heterocycles. The summed E-state index contributed by atoms with van der Waals surface area (Å²) in [5.74, 6) is 0. The van der Waals surface area contributed by atoms with Gasteiger partial charge in [0.25, 0.3) is 0 Å². The number of ether oxygens (including phenoxy) is 1. The fourth-order valence-electron chi connectivity index (χ4n) is 1.45. The van der Waals surface area contributed by atoms with Gasteiger partial charge in [-0.3, -0.25) is 7.05 Å². The molecule has 12 heavy (non-hydrogen) atoms. The summed E-state index contributed by atoms with van der Waals surface area (Å²) in [6.45, 7) is 6.58. The van der Waals surface area contributed by atoms with Crippen LogP contribution in [0.15, 0.2) is 0 Å². The first-order chi connectivity index (χ1) is 5.83. The van der Waals surface area contributed by atoms with E-state index in [-0.39, 0.29) is 0 Å². The van der Waals surface area contributed by atoms with Crippen molar-refractivity contribution in [2.45, 2.75) is 6.42 Å². The summed E-state index contributed by atoms with van der Waals surface area (Å²) in [4.78, 5) is 4.60. The normalized spacial score (nSPS) is 21.5. The molecule has 1 saturated heterocycles. The molecular weight excluding hydrogens is 152 g/mol. The maximum absolute atomic E-state index is 5.00. The molecule has 1 aliphatic heterocycles. The first kappa shape index (κ1) is 9.96. The molecule has 0 bridgehead atoms. The molecule has 0 aromatic rings. The molecule has 0 saturated carbocycles. The topological polar surface area (TPSA) is 15.7 Å². The smallest absolute Gasteiger partial charge is 0.0474 e. The van der Waals surface area contributed by atoms with Gasteiger partial charge in [-0.15, -0.1) is 0 Å². The minimum atomic E-state index is 0.880. The lowest BCUT2D eigenvalue weighted by molar-refractivity contribution is 0.138. The monoisotopic (exact) mass is 171 g/mol. The van der Waals surface area contributed by atoms with Crippen molar-refractivity contribution in [1.82, 2.24) is 9.80 Å². The Morgan fingerprint density at radius 2 is 1.92 bits per heavy atom. The van der Waals surface area contributed by atoms with Gasteiger partial charge in [0.05, 0.1) is 0 Å². The van der Waals surface area contributed by atoms with Crippen molar-refractivity contribution in [3.63, 3.8) is 0 Å². The third-order valence-electron chi connectivity index (χ3n) is 2.29. The second-order valence-electron chi connectivity index (χ2n) is 3.31. The van der Waals surface area contributed by atoms with Crippen LogP contribution >= 0.6 is 0 Å². The third kappa shape index (κ3) is 3.52. The highest BCUT2D eigenvalue weighted by Gasteiger charge is 2.09. The van der Waals surface area contributed by atoms with E-state index in [1.807, 2.05) is 0 Å². The van der Waals surface area contributed by atoms with Crippen LogP contribution in [0.1, 0.15) is 6.42 Å². The fourth-order valence-corrected chi connectivity index (χ4v) is 1.45. The Balaban J connectivity index is 2.01. The minimum absolute atomic E-state index is 0.880. The highest BCUT2D eigenvalue weighted by atomic mass is 16.5. The van der Waals surface area contributed by atoms with Gasteiger partial charge in [-0.25, -0.2) is 0 Å². The summed E-state index contributed by atoms with van der Waals surface area (Å²) in [7, 11) is 5.67. The molecule has 0 radical (unpaired) electrons. The molecule has 72 valence electrons. The summed E-state index contributed by atoms with van der Waals surface area (Å²) in [5.41, 5.74) is 0. The van der Waals surface area contributed by atoms with E-state index in [4.69, 9.17) is 4.74 Å². The lowest BCUT2D eigenvalue weighted by Gasteiger charge is -2.37. The van der Waals surface area contributed by atoms with Crippen LogP contribution in [0.4, 0.5) is 0 Å². The lowest BCUT2D eigenvalue weighted by atomic mass is 10.3. The SMILES string of the molecule is [CH2-]N1CCN(CCCOC)CC1. The number of rotatable bonds is 4. The Morgan fingerprint density at radius 1 is 1.25 bits per heavy atom. The van der Waals surface area contributed by atoms with Crippen molar-refractivity contribution in [1.29, 1.82) is 0 Å². The van der Waals surface area contributed by atoms with Crippen LogP contribution in [0.5, 0.6) is 0 Å². The summed E-state index contributed by atoms with van der Waals surface area (Å²) < 4.78 is 5.00. The zero-order chi connectivity index (χ0) is 8.81. The van der Waals surface area contributed by atoms with E-state index in [0.29, 0.717) is 0 Å². The van der Waals surface area contributed by atoms with Gasteiger partial charge < -0.3 is 14.5 Å². The standard InChI is InChI=1S/C9H19N2O/c1-10-5-7-11(8-6-10)4-3-9-12-2/h1,3-9H2,2H3/q-1. The molecular formula is C9H19N2O-. The van der Waals surface area contributed by atoms with Crippen LogP contribution in [-0.4, -0.2) is 56.2 Å². The van der Waals surface area contributed by atoms with Crippen molar-refractivity contribution in [2.75, 3.05) is 46.4 Å². The maximum Gasteiger partial charge on any atom is 0.0474 e. The van der Waals surface area contributed by atoms with E-state index in [2.05, 4.69) is 16.8 Å². The predicted molar refractivity (Wildman–Crippen MR) is 49.9 cm³/mol.